The largest absolute Gasteiger partial charge is 0.496 e. The summed E-state index contributed by atoms with van der Waals surface area (Å²) in [4.78, 5) is 24.9. The molecule has 28 heavy (non-hydrogen) atoms. The SMILES string of the molecule is COc1ccccc1CNC(=O)[C@H](C)NC(=O)[C@@H]1Cc2ccccc2CN1.Cl. The molecule has 0 unspecified atom stereocenters. The van der Waals surface area contributed by atoms with Gasteiger partial charge in [-0.3, -0.25) is 9.59 Å². The first-order chi connectivity index (χ1) is 13.1. The Kier molecular flexibility index (Phi) is 7.84. The van der Waals surface area contributed by atoms with Gasteiger partial charge in [-0.25, -0.2) is 0 Å². The van der Waals surface area contributed by atoms with E-state index in [2.05, 4.69) is 22.0 Å². The van der Waals surface area contributed by atoms with Gasteiger partial charge in [0.15, 0.2) is 0 Å². The molecule has 0 fully saturated rings. The lowest BCUT2D eigenvalue weighted by Gasteiger charge is -2.26. The standard InChI is InChI=1S/C21H25N3O3.ClH/c1-14(20(25)23-13-17-9-5-6-10-19(17)27-2)24-21(26)18-11-15-7-3-4-8-16(15)12-22-18;/h3-10,14,18,22H,11-13H2,1-2H3,(H,23,25)(H,24,26);1H/t14-,18-;/m0./s1. The maximum Gasteiger partial charge on any atom is 0.242 e. The second-order valence-corrected chi connectivity index (χ2v) is 6.67. The number of ether oxygens (including phenoxy) is 1. The summed E-state index contributed by atoms with van der Waals surface area (Å²) < 4.78 is 5.28. The van der Waals surface area contributed by atoms with Gasteiger partial charge in [-0.15, -0.1) is 12.4 Å². The topological polar surface area (TPSA) is 79.5 Å². The number of halogens is 1. The van der Waals surface area contributed by atoms with Gasteiger partial charge in [0.1, 0.15) is 11.8 Å². The van der Waals surface area contributed by atoms with Gasteiger partial charge in [0.05, 0.1) is 13.2 Å². The fourth-order valence-electron chi connectivity index (χ4n) is 3.20. The summed E-state index contributed by atoms with van der Waals surface area (Å²) in [6.45, 7) is 2.69. The van der Waals surface area contributed by atoms with Crippen molar-refractivity contribution in [2.45, 2.75) is 38.5 Å². The first-order valence-electron chi connectivity index (χ1n) is 9.08. The highest BCUT2D eigenvalue weighted by Gasteiger charge is 2.26. The van der Waals surface area contributed by atoms with E-state index in [0.29, 0.717) is 19.5 Å². The normalized spacial score (nSPS) is 16.1. The minimum absolute atomic E-state index is 0. The number of fused-ring (bicyclic) bond motifs is 1. The average molecular weight is 404 g/mol. The van der Waals surface area contributed by atoms with E-state index in [-0.39, 0.29) is 30.3 Å². The number of nitrogens with one attached hydrogen (secondary N) is 3. The van der Waals surface area contributed by atoms with Crippen LogP contribution in [0, 0.1) is 0 Å². The molecule has 1 heterocycles. The minimum atomic E-state index is -0.619. The van der Waals surface area contributed by atoms with Crippen LogP contribution in [0.1, 0.15) is 23.6 Å². The van der Waals surface area contributed by atoms with E-state index >= 15 is 0 Å². The van der Waals surface area contributed by atoms with Crippen molar-refractivity contribution in [3.63, 3.8) is 0 Å². The molecule has 150 valence electrons. The van der Waals surface area contributed by atoms with Crippen LogP contribution in [0.2, 0.25) is 0 Å². The molecule has 6 nitrogen and oxygen atoms in total. The molecule has 7 heteroatoms. The molecule has 0 saturated heterocycles. The molecular weight excluding hydrogens is 378 g/mol. The summed E-state index contributed by atoms with van der Waals surface area (Å²) in [6.07, 6.45) is 0.623. The van der Waals surface area contributed by atoms with Crippen LogP contribution in [0.3, 0.4) is 0 Å². The van der Waals surface area contributed by atoms with E-state index in [1.165, 1.54) is 11.1 Å². The van der Waals surface area contributed by atoms with Crippen molar-refractivity contribution in [3.05, 3.63) is 65.2 Å². The lowest BCUT2D eigenvalue weighted by atomic mass is 9.95. The Morgan fingerprint density at radius 3 is 2.57 bits per heavy atom. The molecule has 2 aromatic rings. The van der Waals surface area contributed by atoms with Gasteiger partial charge in [0.2, 0.25) is 11.8 Å². The predicted octanol–water partition coefficient (Wildman–Crippen LogP) is 1.95. The zero-order valence-corrected chi connectivity index (χ0v) is 16.8. The molecule has 0 bridgehead atoms. The number of rotatable bonds is 6. The fraction of sp³-hybridized carbons (Fsp3) is 0.333. The Morgan fingerprint density at radius 1 is 1.14 bits per heavy atom. The Morgan fingerprint density at radius 2 is 1.82 bits per heavy atom. The van der Waals surface area contributed by atoms with E-state index in [4.69, 9.17) is 4.74 Å². The highest BCUT2D eigenvalue weighted by molar-refractivity contribution is 5.89. The Balaban J connectivity index is 0.00000280. The second-order valence-electron chi connectivity index (χ2n) is 6.67. The lowest BCUT2D eigenvalue weighted by molar-refractivity contribution is -0.129. The van der Waals surface area contributed by atoms with Gasteiger partial charge in [-0.1, -0.05) is 42.5 Å². The highest BCUT2D eigenvalue weighted by atomic mass is 35.5. The maximum absolute atomic E-state index is 12.5. The summed E-state index contributed by atoms with van der Waals surface area (Å²) in [6, 6.07) is 14.6. The molecule has 0 aromatic heterocycles. The van der Waals surface area contributed by atoms with Crippen molar-refractivity contribution in [2.24, 2.45) is 0 Å². The first-order valence-corrected chi connectivity index (χ1v) is 9.08. The number of hydrogen-bond donors (Lipinski definition) is 3. The number of hydrogen-bond acceptors (Lipinski definition) is 4. The molecule has 0 spiro atoms. The number of amides is 2. The Labute approximate surface area is 171 Å². The minimum Gasteiger partial charge on any atom is -0.496 e. The third-order valence-corrected chi connectivity index (χ3v) is 4.80. The molecular formula is C21H26ClN3O3. The molecule has 0 radical (unpaired) electrons. The highest BCUT2D eigenvalue weighted by Crippen LogP contribution is 2.17. The first kappa shape index (κ1) is 21.7. The predicted molar refractivity (Wildman–Crippen MR) is 110 cm³/mol. The van der Waals surface area contributed by atoms with Crippen molar-refractivity contribution < 1.29 is 14.3 Å². The quantitative estimate of drug-likeness (QED) is 0.688. The van der Waals surface area contributed by atoms with E-state index in [9.17, 15) is 9.59 Å². The third kappa shape index (κ3) is 5.24. The molecule has 2 amide bonds. The van der Waals surface area contributed by atoms with Gasteiger partial charge in [-0.2, -0.15) is 0 Å². The number of carbonyl (C=O) groups is 2. The summed E-state index contributed by atoms with van der Waals surface area (Å²) >= 11 is 0. The number of carbonyl (C=O) groups excluding carboxylic acids is 2. The number of methoxy groups -OCH3 is 1. The van der Waals surface area contributed by atoms with Crippen molar-refractivity contribution in [1.29, 1.82) is 0 Å². The maximum atomic E-state index is 12.5. The molecule has 2 atom stereocenters. The van der Waals surface area contributed by atoms with Crippen LogP contribution in [0.4, 0.5) is 0 Å². The zero-order valence-electron chi connectivity index (χ0n) is 16.0. The van der Waals surface area contributed by atoms with E-state index in [1.807, 2.05) is 42.5 Å². The van der Waals surface area contributed by atoms with Crippen LogP contribution in [0.5, 0.6) is 5.75 Å². The molecule has 3 N–H and O–H groups in total. The second kappa shape index (κ2) is 10.1. The van der Waals surface area contributed by atoms with Crippen molar-refractivity contribution in [2.75, 3.05) is 7.11 Å². The van der Waals surface area contributed by atoms with Crippen molar-refractivity contribution >= 4 is 24.2 Å². The smallest absolute Gasteiger partial charge is 0.242 e. The summed E-state index contributed by atoms with van der Waals surface area (Å²) in [7, 11) is 1.60. The Bertz CT molecular complexity index is 828. The number of para-hydroxylation sites is 1. The third-order valence-electron chi connectivity index (χ3n) is 4.80. The molecule has 0 aliphatic carbocycles. The lowest BCUT2D eigenvalue weighted by Crippen LogP contribution is -2.53. The van der Waals surface area contributed by atoms with Crippen molar-refractivity contribution in [1.82, 2.24) is 16.0 Å². The molecule has 3 rings (SSSR count). The van der Waals surface area contributed by atoms with Crippen LogP contribution in [-0.2, 0) is 29.1 Å². The van der Waals surface area contributed by atoms with E-state index < -0.39 is 6.04 Å². The van der Waals surface area contributed by atoms with Crippen LogP contribution < -0.4 is 20.7 Å². The van der Waals surface area contributed by atoms with Crippen LogP contribution in [0.15, 0.2) is 48.5 Å². The van der Waals surface area contributed by atoms with Crippen LogP contribution in [0.25, 0.3) is 0 Å². The molecule has 1 aliphatic rings. The van der Waals surface area contributed by atoms with Gasteiger partial charge >= 0.3 is 0 Å². The average Bonchev–Trinajstić information content (AvgIpc) is 2.71. The molecule has 0 saturated carbocycles. The van der Waals surface area contributed by atoms with Gasteiger partial charge in [0, 0.05) is 18.7 Å². The zero-order chi connectivity index (χ0) is 19.2. The van der Waals surface area contributed by atoms with E-state index in [0.717, 1.165) is 11.3 Å². The Hall–Kier alpha value is -2.57. The van der Waals surface area contributed by atoms with Gasteiger partial charge in [-0.05, 0) is 30.5 Å². The molecule has 2 aromatic carbocycles. The monoisotopic (exact) mass is 403 g/mol. The summed E-state index contributed by atoms with van der Waals surface area (Å²) in [5.74, 6) is 0.328. The molecule has 1 aliphatic heterocycles. The number of benzene rings is 2. The van der Waals surface area contributed by atoms with Crippen LogP contribution in [-0.4, -0.2) is 31.0 Å². The summed E-state index contributed by atoms with van der Waals surface area (Å²) in [5, 5.41) is 8.88. The van der Waals surface area contributed by atoms with E-state index in [1.54, 1.807) is 14.0 Å². The van der Waals surface area contributed by atoms with Crippen LogP contribution >= 0.6 is 12.4 Å². The van der Waals surface area contributed by atoms with Gasteiger partial charge in [0.25, 0.3) is 0 Å². The fourth-order valence-corrected chi connectivity index (χ4v) is 3.20. The summed E-state index contributed by atoms with van der Waals surface area (Å²) in [5.41, 5.74) is 3.27. The van der Waals surface area contributed by atoms with Crippen molar-refractivity contribution in [3.8, 4) is 5.75 Å². The van der Waals surface area contributed by atoms with Gasteiger partial charge < -0.3 is 20.7 Å².